The van der Waals surface area contributed by atoms with Gasteiger partial charge in [-0.3, -0.25) is 0 Å². The van der Waals surface area contributed by atoms with Crippen molar-refractivity contribution in [2.24, 2.45) is 0 Å². The Labute approximate surface area is 132 Å². The Hall–Kier alpha value is -1.59. The van der Waals surface area contributed by atoms with Crippen LogP contribution in [0.3, 0.4) is 0 Å². The number of fused-ring (bicyclic) bond motifs is 3. The van der Waals surface area contributed by atoms with Gasteiger partial charge >= 0.3 is 0 Å². The van der Waals surface area contributed by atoms with Crippen LogP contribution in [0.2, 0.25) is 5.02 Å². The summed E-state index contributed by atoms with van der Waals surface area (Å²) in [6.45, 7) is 5.87. The summed E-state index contributed by atoms with van der Waals surface area (Å²) in [4.78, 5) is 15.4. The first-order valence-corrected chi connectivity index (χ1v) is 6.99. The van der Waals surface area contributed by atoms with Gasteiger partial charge in [0.1, 0.15) is 11.8 Å². The van der Waals surface area contributed by atoms with E-state index in [1.165, 1.54) is 6.42 Å². The summed E-state index contributed by atoms with van der Waals surface area (Å²) in [5.74, 6) is 0.854. The van der Waals surface area contributed by atoms with Gasteiger partial charge < -0.3 is 9.32 Å². The maximum atomic E-state index is 6.30. The van der Waals surface area contributed by atoms with Crippen molar-refractivity contribution in [3.63, 3.8) is 0 Å². The van der Waals surface area contributed by atoms with Crippen LogP contribution < -0.4 is 4.90 Å². The van der Waals surface area contributed by atoms with Crippen LogP contribution in [0.15, 0.2) is 10.7 Å². The van der Waals surface area contributed by atoms with Crippen molar-refractivity contribution in [1.82, 2.24) is 15.0 Å². The van der Waals surface area contributed by atoms with Crippen LogP contribution in [0, 0.1) is 13.8 Å². The summed E-state index contributed by atoms with van der Waals surface area (Å²) >= 11 is 6.30. The molecule has 3 aromatic heterocycles. The second-order valence-corrected chi connectivity index (χ2v) is 5.51. The van der Waals surface area contributed by atoms with Crippen molar-refractivity contribution in [3.05, 3.63) is 22.6 Å². The number of nitrogens with zero attached hydrogens (tertiary/aromatic N) is 4. The van der Waals surface area contributed by atoms with Crippen molar-refractivity contribution < 1.29 is 4.42 Å². The van der Waals surface area contributed by atoms with Gasteiger partial charge in [0.2, 0.25) is 5.71 Å². The van der Waals surface area contributed by atoms with Gasteiger partial charge in [-0.2, -0.15) is 0 Å². The Morgan fingerprint density at radius 3 is 2.67 bits per heavy atom. The molecular formula is C14H14Cl2N4O. The molecule has 7 heteroatoms. The molecule has 1 fully saturated rings. The minimum Gasteiger partial charge on any atom is -0.432 e. The standard InChI is InChI=1S/C14H13ClN4O.ClH/c1-7-9-11-12(20-14(9)18-8(2)10(7)15)13(17-6-16-11)19-4-3-5-19;/h6H,3-5H2,1-2H3;1H. The van der Waals surface area contributed by atoms with E-state index in [-0.39, 0.29) is 12.4 Å². The van der Waals surface area contributed by atoms with Gasteiger partial charge in [0, 0.05) is 13.1 Å². The molecular weight excluding hydrogens is 311 g/mol. The van der Waals surface area contributed by atoms with E-state index in [1.54, 1.807) is 6.33 Å². The van der Waals surface area contributed by atoms with Crippen LogP contribution in [0.5, 0.6) is 0 Å². The van der Waals surface area contributed by atoms with Crippen molar-refractivity contribution in [2.45, 2.75) is 20.3 Å². The average molecular weight is 325 g/mol. The Balaban J connectivity index is 0.00000132. The maximum absolute atomic E-state index is 6.30. The van der Waals surface area contributed by atoms with E-state index in [4.69, 9.17) is 16.0 Å². The number of pyridine rings is 1. The first kappa shape index (κ1) is 14.4. The van der Waals surface area contributed by atoms with Crippen LogP contribution >= 0.6 is 24.0 Å². The molecule has 3 aromatic rings. The van der Waals surface area contributed by atoms with Gasteiger partial charge in [-0.25, -0.2) is 15.0 Å². The number of hydrogen-bond donors (Lipinski definition) is 0. The molecule has 0 unspecified atom stereocenters. The number of furan rings is 1. The topological polar surface area (TPSA) is 55.1 Å². The second-order valence-electron chi connectivity index (χ2n) is 5.13. The third-order valence-corrected chi connectivity index (χ3v) is 4.44. The number of aryl methyl sites for hydroxylation is 2. The molecule has 1 saturated heterocycles. The average Bonchev–Trinajstić information content (AvgIpc) is 2.73. The zero-order chi connectivity index (χ0) is 13.9. The zero-order valence-electron chi connectivity index (χ0n) is 11.7. The zero-order valence-corrected chi connectivity index (χ0v) is 13.3. The van der Waals surface area contributed by atoms with Gasteiger partial charge in [0.15, 0.2) is 11.4 Å². The summed E-state index contributed by atoms with van der Waals surface area (Å²) in [7, 11) is 0. The third kappa shape index (κ3) is 1.95. The van der Waals surface area contributed by atoms with E-state index in [0.29, 0.717) is 16.3 Å². The molecule has 0 aromatic carbocycles. The quantitative estimate of drug-likeness (QED) is 0.683. The lowest BCUT2D eigenvalue weighted by Crippen LogP contribution is -2.37. The van der Waals surface area contributed by atoms with Gasteiger partial charge in [-0.1, -0.05) is 11.6 Å². The highest BCUT2D eigenvalue weighted by molar-refractivity contribution is 6.33. The Morgan fingerprint density at radius 2 is 2.00 bits per heavy atom. The normalized spacial score (nSPS) is 14.3. The summed E-state index contributed by atoms with van der Waals surface area (Å²) in [5, 5.41) is 1.56. The smallest absolute Gasteiger partial charge is 0.229 e. The van der Waals surface area contributed by atoms with Gasteiger partial charge in [-0.05, 0) is 25.8 Å². The molecule has 0 spiro atoms. The fourth-order valence-corrected chi connectivity index (χ4v) is 2.77. The molecule has 1 aliphatic rings. The predicted octanol–water partition coefficient (Wildman–Crippen LogP) is 3.67. The van der Waals surface area contributed by atoms with E-state index in [0.717, 1.165) is 41.1 Å². The van der Waals surface area contributed by atoms with Crippen molar-refractivity contribution in [1.29, 1.82) is 0 Å². The lowest BCUT2D eigenvalue weighted by Gasteiger charge is -2.31. The van der Waals surface area contributed by atoms with Crippen LogP contribution in [-0.2, 0) is 0 Å². The SMILES string of the molecule is Cc1nc2oc3c(N4CCC4)ncnc3c2c(C)c1Cl.Cl. The Kier molecular flexibility index (Phi) is 3.42. The molecule has 1 aliphatic heterocycles. The largest absolute Gasteiger partial charge is 0.432 e. The maximum Gasteiger partial charge on any atom is 0.229 e. The van der Waals surface area contributed by atoms with Crippen LogP contribution in [-0.4, -0.2) is 28.0 Å². The molecule has 0 aliphatic carbocycles. The highest BCUT2D eigenvalue weighted by Gasteiger charge is 2.24. The highest BCUT2D eigenvalue weighted by Crippen LogP contribution is 2.37. The van der Waals surface area contributed by atoms with E-state index < -0.39 is 0 Å². The van der Waals surface area contributed by atoms with Gasteiger partial charge in [-0.15, -0.1) is 12.4 Å². The van der Waals surface area contributed by atoms with Gasteiger partial charge in [0.25, 0.3) is 0 Å². The summed E-state index contributed by atoms with van der Waals surface area (Å²) in [5.41, 5.74) is 3.82. The van der Waals surface area contributed by atoms with Gasteiger partial charge in [0.05, 0.1) is 16.1 Å². The molecule has 0 bridgehead atoms. The van der Waals surface area contributed by atoms with Crippen molar-refractivity contribution in [3.8, 4) is 0 Å². The highest BCUT2D eigenvalue weighted by atomic mass is 35.5. The minimum atomic E-state index is 0. The fraction of sp³-hybridized carbons (Fsp3) is 0.357. The number of aromatic nitrogens is 3. The monoisotopic (exact) mass is 324 g/mol. The Bertz CT molecular complexity index is 842. The molecule has 4 heterocycles. The molecule has 21 heavy (non-hydrogen) atoms. The summed E-state index contributed by atoms with van der Waals surface area (Å²) in [6.07, 6.45) is 2.77. The van der Waals surface area contributed by atoms with Crippen molar-refractivity contribution >= 4 is 52.0 Å². The first-order chi connectivity index (χ1) is 9.66. The second kappa shape index (κ2) is 5.00. The number of hydrogen-bond acceptors (Lipinski definition) is 5. The number of halogens is 2. The minimum absolute atomic E-state index is 0. The lowest BCUT2D eigenvalue weighted by atomic mass is 10.1. The lowest BCUT2D eigenvalue weighted by molar-refractivity contribution is 0.594. The molecule has 4 rings (SSSR count). The summed E-state index contributed by atoms with van der Waals surface area (Å²) in [6, 6.07) is 0. The van der Waals surface area contributed by atoms with E-state index in [9.17, 15) is 0 Å². The van der Waals surface area contributed by atoms with Crippen molar-refractivity contribution in [2.75, 3.05) is 18.0 Å². The number of anilines is 1. The number of rotatable bonds is 1. The third-order valence-electron chi connectivity index (χ3n) is 3.88. The molecule has 0 saturated carbocycles. The summed E-state index contributed by atoms with van der Waals surface area (Å²) < 4.78 is 5.92. The Morgan fingerprint density at radius 1 is 1.24 bits per heavy atom. The van der Waals surface area contributed by atoms with Crippen LogP contribution in [0.25, 0.3) is 22.2 Å². The molecule has 110 valence electrons. The molecule has 5 nitrogen and oxygen atoms in total. The molecule has 0 radical (unpaired) electrons. The van der Waals surface area contributed by atoms with E-state index >= 15 is 0 Å². The van der Waals surface area contributed by atoms with E-state index in [1.807, 2.05) is 13.8 Å². The van der Waals surface area contributed by atoms with E-state index in [2.05, 4.69) is 19.9 Å². The molecule has 0 atom stereocenters. The van der Waals surface area contributed by atoms with Crippen LogP contribution in [0.4, 0.5) is 5.82 Å². The predicted molar refractivity (Wildman–Crippen MR) is 85.7 cm³/mol. The molecule has 0 N–H and O–H groups in total. The fourth-order valence-electron chi connectivity index (χ4n) is 2.64. The van der Waals surface area contributed by atoms with Crippen LogP contribution in [0.1, 0.15) is 17.7 Å². The first-order valence-electron chi connectivity index (χ1n) is 6.61. The molecule has 0 amide bonds.